The van der Waals surface area contributed by atoms with Gasteiger partial charge in [-0.25, -0.2) is 4.39 Å². The molecule has 1 amide bonds. The lowest BCUT2D eigenvalue weighted by Crippen LogP contribution is -2.15. The van der Waals surface area contributed by atoms with Crippen LogP contribution in [0.4, 0.5) is 10.1 Å². The minimum atomic E-state index is -0.478. The van der Waals surface area contributed by atoms with Crippen molar-refractivity contribution in [2.45, 2.75) is 18.2 Å². The molecule has 0 saturated carbocycles. The molecule has 0 saturated heterocycles. The normalized spacial score (nSPS) is 11.9. The maximum absolute atomic E-state index is 13.6. The molecule has 2 aromatic carbocycles. The Morgan fingerprint density at radius 3 is 2.82 bits per heavy atom. The van der Waals surface area contributed by atoms with E-state index in [1.807, 2.05) is 13.0 Å². The van der Waals surface area contributed by atoms with Crippen LogP contribution in [0, 0.1) is 5.82 Å². The van der Waals surface area contributed by atoms with Gasteiger partial charge in [0.05, 0.1) is 11.4 Å². The fraction of sp³-hybridized carbons (Fsp3) is 0.211. The van der Waals surface area contributed by atoms with Gasteiger partial charge in [-0.1, -0.05) is 41.6 Å². The summed E-state index contributed by atoms with van der Waals surface area (Å²) in [6.45, 7) is 1.85. The highest BCUT2D eigenvalue weighted by Crippen LogP contribution is 2.25. The maximum Gasteiger partial charge on any atom is 0.234 e. The number of nitrogens with zero attached hydrogens (tertiary/aromatic N) is 3. The molecular formula is C19H18ClFN4O2S. The van der Waals surface area contributed by atoms with E-state index in [9.17, 15) is 9.18 Å². The van der Waals surface area contributed by atoms with Gasteiger partial charge in [0, 0.05) is 12.1 Å². The first-order chi connectivity index (χ1) is 13.4. The van der Waals surface area contributed by atoms with Crippen LogP contribution in [0.2, 0.25) is 5.02 Å². The smallest absolute Gasteiger partial charge is 0.234 e. The maximum atomic E-state index is 13.6. The average Bonchev–Trinajstić information content (AvgIpc) is 3.02. The zero-order valence-electron chi connectivity index (χ0n) is 15.2. The quantitative estimate of drug-likeness (QED) is 0.571. The van der Waals surface area contributed by atoms with E-state index in [-0.39, 0.29) is 23.5 Å². The molecule has 1 atom stereocenters. The number of amides is 1. The molecule has 28 heavy (non-hydrogen) atoms. The predicted molar refractivity (Wildman–Crippen MR) is 107 cm³/mol. The highest BCUT2D eigenvalue weighted by molar-refractivity contribution is 7.99. The van der Waals surface area contributed by atoms with Gasteiger partial charge in [0.25, 0.3) is 0 Å². The molecule has 0 aliphatic carbocycles. The Labute approximate surface area is 171 Å². The van der Waals surface area contributed by atoms with Crippen molar-refractivity contribution >= 4 is 35.0 Å². The molecule has 0 radical (unpaired) electrons. The average molecular weight is 421 g/mol. The summed E-state index contributed by atoms with van der Waals surface area (Å²) in [5, 5.41) is 11.9. The lowest BCUT2D eigenvalue weighted by Gasteiger charge is -2.14. The van der Waals surface area contributed by atoms with Crippen molar-refractivity contribution in [3.63, 3.8) is 0 Å². The molecule has 9 heteroatoms. The third-order valence-corrected chi connectivity index (χ3v) is 5.08. The van der Waals surface area contributed by atoms with E-state index in [0.717, 1.165) is 0 Å². The number of aromatic nitrogens is 3. The van der Waals surface area contributed by atoms with E-state index in [0.29, 0.717) is 21.8 Å². The van der Waals surface area contributed by atoms with Crippen molar-refractivity contribution < 1.29 is 13.9 Å². The molecule has 0 fully saturated rings. The van der Waals surface area contributed by atoms with E-state index in [2.05, 4.69) is 15.5 Å². The summed E-state index contributed by atoms with van der Waals surface area (Å²) < 4.78 is 21.2. The number of ether oxygens (including phenoxy) is 1. The minimum Gasteiger partial charge on any atom is -0.483 e. The first-order valence-corrected chi connectivity index (χ1v) is 9.79. The lowest BCUT2D eigenvalue weighted by molar-refractivity contribution is -0.113. The standard InChI is InChI=1S/C19H18ClFN4O2S/c1-12(27-14-7-5-6-13(20)10-14)18-23-24-19(25(18)2)28-11-17(26)22-16-9-4-3-8-15(16)21/h3-10,12H,11H2,1-2H3,(H,22,26). The van der Waals surface area contributed by atoms with Gasteiger partial charge in [-0.05, 0) is 37.3 Å². The van der Waals surface area contributed by atoms with Crippen LogP contribution in [0.25, 0.3) is 0 Å². The van der Waals surface area contributed by atoms with Crippen LogP contribution in [0.5, 0.6) is 5.75 Å². The molecule has 6 nitrogen and oxygen atoms in total. The fourth-order valence-electron chi connectivity index (χ4n) is 2.48. The molecule has 1 aromatic heterocycles. The van der Waals surface area contributed by atoms with Crippen LogP contribution >= 0.6 is 23.4 Å². The molecule has 0 aliphatic heterocycles. The molecule has 3 rings (SSSR count). The van der Waals surface area contributed by atoms with Gasteiger partial charge < -0.3 is 14.6 Å². The zero-order chi connectivity index (χ0) is 20.1. The first-order valence-electron chi connectivity index (χ1n) is 8.42. The summed E-state index contributed by atoms with van der Waals surface area (Å²) >= 11 is 7.18. The van der Waals surface area contributed by atoms with Gasteiger partial charge in [-0.2, -0.15) is 0 Å². The van der Waals surface area contributed by atoms with Gasteiger partial charge in [0.2, 0.25) is 5.91 Å². The number of hydrogen-bond acceptors (Lipinski definition) is 5. The number of thioether (sulfide) groups is 1. The third kappa shape index (κ3) is 5.02. The monoisotopic (exact) mass is 420 g/mol. The third-order valence-electron chi connectivity index (χ3n) is 3.82. The molecule has 0 aliphatic rings. The number of benzene rings is 2. The number of carbonyl (C=O) groups excluding carboxylic acids is 1. The number of halogens is 2. The number of anilines is 1. The molecule has 1 unspecified atom stereocenters. The first kappa shape index (κ1) is 20.2. The summed E-state index contributed by atoms with van der Waals surface area (Å²) in [4.78, 5) is 12.1. The Hall–Kier alpha value is -2.58. The molecule has 3 aromatic rings. The SMILES string of the molecule is CC(Oc1cccc(Cl)c1)c1nnc(SCC(=O)Nc2ccccc2F)n1C. The summed E-state index contributed by atoms with van der Waals surface area (Å²) in [5.74, 6) is 0.499. The Balaban J connectivity index is 1.59. The van der Waals surface area contributed by atoms with Crippen LogP contribution in [-0.2, 0) is 11.8 Å². The minimum absolute atomic E-state index is 0.0733. The number of rotatable bonds is 7. The topological polar surface area (TPSA) is 69.0 Å². The van der Waals surface area contributed by atoms with E-state index >= 15 is 0 Å². The van der Waals surface area contributed by atoms with Crippen molar-refractivity contribution in [3.8, 4) is 5.75 Å². The summed E-state index contributed by atoms with van der Waals surface area (Å²) in [5.41, 5.74) is 0.148. The van der Waals surface area contributed by atoms with Gasteiger partial charge in [0.15, 0.2) is 17.1 Å². The molecule has 0 spiro atoms. The number of hydrogen-bond donors (Lipinski definition) is 1. The molecule has 146 valence electrons. The van der Waals surface area contributed by atoms with E-state index < -0.39 is 5.82 Å². The highest BCUT2D eigenvalue weighted by atomic mass is 35.5. The molecule has 1 heterocycles. The Morgan fingerprint density at radius 1 is 1.29 bits per heavy atom. The van der Waals surface area contributed by atoms with Gasteiger partial charge in [0.1, 0.15) is 11.6 Å². The Morgan fingerprint density at radius 2 is 2.07 bits per heavy atom. The van der Waals surface area contributed by atoms with Crippen LogP contribution < -0.4 is 10.1 Å². The second kappa shape index (κ2) is 9.07. The summed E-state index contributed by atoms with van der Waals surface area (Å²) in [6, 6.07) is 13.1. The number of para-hydroxylation sites is 1. The van der Waals surface area contributed by atoms with Gasteiger partial charge in [-0.15, -0.1) is 10.2 Å². The summed E-state index contributed by atoms with van der Waals surface area (Å²) in [7, 11) is 1.80. The van der Waals surface area contributed by atoms with Crippen LogP contribution in [0.3, 0.4) is 0 Å². The van der Waals surface area contributed by atoms with Crippen molar-refractivity contribution in [3.05, 3.63) is 65.2 Å². The lowest BCUT2D eigenvalue weighted by atomic mass is 10.3. The number of carbonyl (C=O) groups is 1. The van der Waals surface area contributed by atoms with E-state index in [1.54, 1.807) is 41.9 Å². The fourth-order valence-corrected chi connectivity index (χ4v) is 3.38. The molecular weight excluding hydrogens is 403 g/mol. The van der Waals surface area contributed by atoms with Crippen molar-refractivity contribution in [1.82, 2.24) is 14.8 Å². The van der Waals surface area contributed by atoms with E-state index in [4.69, 9.17) is 16.3 Å². The van der Waals surface area contributed by atoms with Crippen molar-refractivity contribution in [2.75, 3.05) is 11.1 Å². The van der Waals surface area contributed by atoms with E-state index in [1.165, 1.54) is 23.9 Å². The van der Waals surface area contributed by atoms with Crippen LogP contribution in [-0.4, -0.2) is 26.4 Å². The van der Waals surface area contributed by atoms with Crippen molar-refractivity contribution in [2.24, 2.45) is 7.05 Å². The molecule has 0 bridgehead atoms. The predicted octanol–water partition coefficient (Wildman–Crippen LogP) is 4.48. The Kier molecular flexibility index (Phi) is 6.53. The number of nitrogens with one attached hydrogen (secondary N) is 1. The Bertz CT molecular complexity index is 982. The highest BCUT2D eigenvalue weighted by Gasteiger charge is 2.18. The van der Waals surface area contributed by atoms with Gasteiger partial charge in [-0.3, -0.25) is 4.79 Å². The van der Waals surface area contributed by atoms with Gasteiger partial charge >= 0.3 is 0 Å². The van der Waals surface area contributed by atoms with Crippen LogP contribution in [0.15, 0.2) is 53.7 Å². The molecule has 1 N–H and O–H groups in total. The summed E-state index contributed by atoms with van der Waals surface area (Å²) in [6.07, 6.45) is -0.363. The largest absolute Gasteiger partial charge is 0.483 e. The van der Waals surface area contributed by atoms with Crippen LogP contribution in [0.1, 0.15) is 18.9 Å². The second-order valence-electron chi connectivity index (χ2n) is 5.93. The van der Waals surface area contributed by atoms with Crippen molar-refractivity contribution in [1.29, 1.82) is 0 Å². The second-order valence-corrected chi connectivity index (χ2v) is 7.31. The zero-order valence-corrected chi connectivity index (χ0v) is 16.8.